The molecular formula is C14H13N5O2S. The van der Waals surface area contributed by atoms with Crippen molar-refractivity contribution in [2.75, 3.05) is 6.54 Å². The van der Waals surface area contributed by atoms with Gasteiger partial charge in [-0.25, -0.2) is 9.97 Å². The number of amides is 1. The number of benzene rings is 1. The van der Waals surface area contributed by atoms with E-state index in [1.807, 2.05) is 5.38 Å². The van der Waals surface area contributed by atoms with E-state index in [0.29, 0.717) is 29.6 Å². The van der Waals surface area contributed by atoms with Crippen molar-refractivity contribution < 1.29 is 9.53 Å². The van der Waals surface area contributed by atoms with Crippen molar-refractivity contribution in [2.45, 2.75) is 6.54 Å². The van der Waals surface area contributed by atoms with Gasteiger partial charge < -0.3 is 10.1 Å². The maximum Gasteiger partial charge on any atom is 0.278 e. The van der Waals surface area contributed by atoms with Crippen LogP contribution in [0.3, 0.4) is 0 Å². The van der Waals surface area contributed by atoms with Crippen molar-refractivity contribution in [3.05, 3.63) is 54.1 Å². The molecule has 0 saturated heterocycles. The Morgan fingerprint density at radius 1 is 1.32 bits per heavy atom. The van der Waals surface area contributed by atoms with Crippen LogP contribution in [0.15, 0.2) is 48.5 Å². The van der Waals surface area contributed by atoms with Gasteiger partial charge in [0.1, 0.15) is 18.4 Å². The lowest BCUT2D eigenvalue weighted by atomic mass is 10.2. The standard InChI is InChI=1S/C14H13N5O2S/c20-13(16-5-7-19-10-15-9-18-19)11-1-3-12(4-2-11)21-14-17-6-8-22-14/h1-4,6,8-10H,5,7H2,(H,16,20). The van der Waals surface area contributed by atoms with Crippen LogP contribution in [0, 0.1) is 0 Å². The number of aromatic nitrogens is 4. The number of carbonyl (C=O) groups is 1. The van der Waals surface area contributed by atoms with Crippen molar-refractivity contribution >= 4 is 17.2 Å². The van der Waals surface area contributed by atoms with Crippen LogP contribution in [0.25, 0.3) is 0 Å². The predicted molar refractivity (Wildman–Crippen MR) is 81.0 cm³/mol. The first-order chi connectivity index (χ1) is 10.8. The minimum Gasteiger partial charge on any atom is -0.431 e. The summed E-state index contributed by atoms with van der Waals surface area (Å²) in [5, 5.41) is 9.20. The molecule has 0 aliphatic rings. The second-order valence-electron chi connectivity index (χ2n) is 4.34. The quantitative estimate of drug-likeness (QED) is 0.752. The molecule has 0 radical (unpaired) electrons. The zero-order valence-corrected chi connectivity index (χ0v) is 12.4. The van der Waals surface area contributed by atoms with Crippen LogP contribution in [0.4, 0.5) is 0 Å². The lowest BCUT2D eigenvalue weighted by molar-refractivity contribution is 0.0952. The first kappa shape index (κ1) is 14.2. The molecule has 2 heterocycles. The highest BCUT2D eigenvalue weighted by Gasteiger charge is 2.06. The topological polar surface area (TPSA) is 81.9 Å². The molecule has 1 amide bonds. The molecule has 0 aliphatic carbocycles. The summed E-state index contributed by atoms with van der Waals surface area (Å²) in [6.45, 7) is 1.07. The first-order valence-electron chi connectivity index (χ1n) is 6.59. The van der Waals surface area contributed by atoms with Crippen molar-refractivity contribution in [3.8, 4) is 10.9 Å². The second kappa shape index (κ2) is 6.81. The summed E-state index contributed by atoms with van der Waals surface area (Å²) in [6.07, 6.45) is 4.75. The molecule has 0 unspecified atom stereocenters. The van der Waals surface area contributed by atoms with Crippen molar-refractivity contribution in [1.82, 2.24) is 25.1 Å². The fraction of sp³-hybridized carbons (Fsp3) is 0.143. The van der Waals surface area contributed by atoms with E-state index in [9.17, 15) is 4.79 Å². The van der Waals surface area contributed by atoms with E-state index in [1.54, 1.807) is 41.5 Å². The summed E-state index contributed by atoms with van der Waals surface area (Å²) in [5.41, 5.74) is 0.574. The molecule has 8 heteroatoms. The summed E-state index contributed by atoms with van der Waals surface area (Å²) in [5.74, 6) is 0.509. The maximum absolute atomic E-state index is 12.0. The summed E-state index contributed by atoms with van der Waals surface area (Å²) in [7, 11) is 0. The van der Waals surface area contributed by atoms with Gasteiger partial charge in [-0.3, -0.25) is 9.48 Å². The molecule has 0 saturated carbocycles. The van der Waals surface area contributed by atoms with Crippen LogP contribution < -0.4 is 10.1 Å². The molecule has 7 nitrogen and oxygen atoms in total. The van der Waals surface area contributed by atoms with E-state index in [0.717, 1.165) is 0 Å². The summed E-state index contributed by atoms with van der Waals surface area (Å²) < 4.78 is 7.20. The number of rotatable bonds is 6. The van der Waals surface area contributed by atoms with Gasteiger partial charge in [0.15, 0.2) is 0 Å². The van der Waals surface area contributed by atoms with Crippen molar-refractivity contribution in [1.29, 1.82) is 0 Å². The van der Waals surface area contributed by atoms with Crippen LogP contribution in [0.2, 0.25) is 0 Å². The Morgan fingerprint density at radius 3 is 2.86 bits per heavy atom. The fourth-order valence-electron chi connectivity index (χ4n) is 1.77. The lowest BCUT2D eigenvalue weighted by Crippen LogP contribution is -2.27. The Hall–Kier alpha value is -2.74. The summed E-state index contributed by atoms with van der Waals surface area (Å²) in [6, 6.07) is 6.92. The van der Waals surface area contributed by atoms with E-state index in [2.05, 4.69) is 20.4 Å². The molecule has 3 rings (SSSR count). The summed E-state index contributed by atoms with van der Waals surface area (Å²) in [4.78, 5) is 19.9. The zero-order valence-electron chi connectivity index (χ0n) is 11.5. The molecule has 0 spiro atoms. The minimum absolute atomic E-state index is 0.138. The molecule has 2 aromatic heterocycles. The lowest BCUT2D eigenvalue weighted by Gasteiger charge is -2.06. The number of ether oxygens (including phenoxy) is 1. The molecule has 1 aromatic carbocycles. The number of hydrogen-bond donors (Lipinski definition) is 1. The van der Waals surface area contributed by atoms with E-state index in [1.165, 1.54) is 17.7 Å². The second-order valence-corrected chi connectivity index (χ2v) is 5.20. The average Bonchev–Trinajstić information content (AvgIpc) is 3.21. The van der Waals surface area contributed by atoms with Gasteiger partial charge in [0, 0.05) is 23.7 Å². The monoisotopic (exact) mass is 315 g/mol. The van der Waals surface area contributed by atoms with E-state index in [4.69, 9.17) is 4.74 Å². The van der Waals surface area contributed by atoms with Gasteiger partial charge in [-0.2, -0.15) is 5.10 Å². The van der Waals surface area contributed by atoms with Gasteiger partial charge in [0.05, 0.1) is 6.54 Å². The molecule has 22 heavy (non-hydrogen) atoms. The molecule has 0 atom stereocenters. The minimum atomic E-state index is -0.138. The molecule has 0 fully saturated rings. The third kappa shape index (κ3) is 3.67. The number of thiazole rings is 1. The van der Waals surface area contributed by atoms with Crippen LogP contribution in [0.5, 0.6) is 10.9 Å². The van der Waals surface area contributed by atoms with E-state index in [-0.39, 0.29) is 5.91 Å². The highest BCUT2D eigenvalue weighted by atomic mass is 32.1. The SMILES string of the molecule is O=C(NCCn1cncn1)c1ccc(Oc2nccs2)cc1. The normalized spacial score (nSPS) is 10.4. The van der Waals surface area contributed by atoms with Crippen LogP contribution >= 0.6 is 11.3 Å². The Morgan fingerprint density at radius 2 is 2.18 bits per heavy atom. The Labute approximate surface area is 130 Å². The molecule has 3 aromatic rings. The Balaban J connectivity index is 1.52. The van der Waals surface area contributed by atoms with Gasteiger partial charge >= 0.3 is 0 Å². The number of hydrogen-bond acceptors (Lipinski definition) is 6. The van der Waals surface area contributed by atoms with Gasteiger partial charge in [-0.1, -0.05) is 11.3 Å². The van der Waals surface area contributed by atoms with Gasteiger partial charge in [-0.05, 0) is 24.3 Å². The predicted octanol–water partition coefficient (Wildman–Crippen LogP) is 1.96. The Bertz CT molecular complexity index is 710. The van der Waals surface area contributed by atoms with Crippen LogP contribution in [-0.2, 0) is 6.54 Å². The summed E-state index contributed by atoms with van der Waals surface area (Å²) >= 11 is 1.41. The number of carbonyl (C=O) groups excluding carboxylic acids is 1. The maximum atomic E-state index is 12.0. The smallest absolute Gasteiger partial charge is 0.278 e. The zero-order chi connectivity index (χ0) is 15.2. The van der Waals surface area contributed by atoms with Crippen LogP contribution in [0.1, 0.15) is 10.4 Å². The first-order valence-corrected chi connectivity index (χ1v) is 7.47. The molecule has 0 aliphatic heterocycles. The molecule has 1 N–H and O–H groups in total. The van der Waals surface area contributed by atoms with Crippen molar-refractivity contribution in [2.24, 2.45) is 0 Å². The highest BCUT2D eigenvalue weighted by molar-refractivity contribution is 7.11. The van der Waals surface area contributed by atoms with Gasteiger partial charge in [0.25, 0.3) is 11.1 Å². The number of nitrogens with one attached hydrogen (secondary N) is 1. The highest BCUT2D eigenvalue weighted by Crippen LogP contribution is 2.23. The fourth-order valence-corrected chi connectivity index (χ4v) is 2.27. The third-order valence-electron chi connectivity index (χ3n) is 2.82. The average molecular weight is 315 g/mol. The van der Waals surface area contributed by atoms with Gasteiger partial charge in [0.2, 0.25) is 0 Å². The van der Waals surface area contributed by atoms with Crippen LogP contribution in [-0.4, -0.2) is 32.2 Å². The molecular weight excluding hydrogens is 302 g/mol. The van der Waals surface area contributed by atoms with Crippen molar-refractivity contribution in [3.63, 3.8) is 0 Å². The Kier molecular flexibility index (Phi) is 4.40. The molecule has 112 valence electrons. The van der Waals surface area contributed by atoms with E-state index < -0.39 is 0 Å². The molecule has 0 bridgehead atoms. The number of nitrogens with zero attached hydrogens (tertiary/aromatic N) is 4. The van der Waals surface area contributed by atoms with Gasteiger partial charge in [-0.15, -0.1) is 0 Å². The third-order valence-corrected chi connectivity index (χ3v) is 3.47. The van der Waals surface area contributed by atoms with E-state index >= 15 is 0 Å². The largest absolute Gasteiger partial charge is 0.431 e.